The van der Waals surface area contributed by atoms with E-state index in [-0.39, 0.29) is 38.0 Å². The Morgan fingerprint density at radius 1 is 0.587 bits per heavy atom. The van der Waals surface area contributed by atoms with Gasteiger partial charge in [0, 0.05) is 36.9 Å². The highest BCUT2D eigenvalue weighted by Crippen LogP contribution is 2.58. The summed E-state index contributed by atoms with van der Waals surface area (Å²) in [6, 6.07) is 33.3. The zero-order valence-electron chi connectivity index (χ0n) is 36.9. The van der Waals surface area contributed by atoms with Crippen LogP contribution in [-0.2, 0) is 40.4 Å². The highest BCUT2D eigenvalue weighted by atomic mass is 79.9. The number of anilines is 1. The predicted octanol–water partition coefficient (Wildman–Crippen LogP) is 8.55. The number of Topliss-reactive ketones (excluding diaryl/α,β-unsaturated/α-hetero) is 2. The molecule has 12 heteroatoms. The van der Waals surface area contributed by atoms with Crippen LogP contribution in [0.2, 0.25) is 0 Å². The minimum atomic E-state index is -0.974. The first-order valence-electron chi connectivity index (χ1n) is 21.2. The Morgan fingerprint density at radius 3 is 1.75 bits per heavy atom. The van der Waals surface area contributed by atoms with Gasteiger partial charge in [0.2, 0.25) is 0 Å². The summed E-state index contributed by atoms with van der Waals surface area (Å²) in [6.07, 6.45) is 0. The van der Waals surface area contributed by atoms with E-state index in [2.05, 4.69) is 81.5 Å². The molecule has 0 saturated carbocycles. The molecule has 5 aromatic rings. The number of nitrogens with zero attached hydrogens (tertiary/aromatic N) is 1. The van der Waals surface area contributed by atoms with Gasteiger partial charge < -0.3 is 43.2 Å². The molecule has 0 spiro atoms. The lowest BCUT2D eigenvalue weighted by Crippen LogP contribution is -2.29. The first kappa shape index (κ1) is 47.7. The fraction of sp³-hybridized carbons (Fsp3) is 0.373. The van der Waals surface area contributed by atoms with Gasteiger partial charge in [0.25, 0.3) is 0 Å². The van der Waals surface area contributed by atoms with Gasteiger partial charge >= 0.3 is 0 Å². The largest absolute Gasteiger partial charge is 0.490 e. The third kappa shape index (κ3) is 11.5. The fourth-order valence-electron chi connectivity index (χ4n) is 8.01. The SMILES string of the molecule is COCCOCCOCCOc1ccc(C2(c3ccc(COCCOCCOCCO)c(C(C)=O)c3)c3cc(Br)ccc3-c3ccc(-c4ccc(N(C)C)cc4)cc32)cc1C(C)=O. The molecule has 63 heavy (non-hydrogen) atoms. The van der Waals surface area contributed by atoms with Crippen molar-refractivity contribution in [1.82, 2.24) is 0 Å². The van der Waals surface area contributed by atoms with E-state index < -0.39 is 5.41 Å². The van der Waals surface area contributed by atoms with Gasteiger partial charge in [-0.15, -0.1) is 0 Å². The number of fused-ring (bicyclic) bond motifs is 3. The molecule has 11 nitrogen and oxygen atoms in total. The van der Waals surface area contributed by atoms with Gasteiger partial charge in [-0.3, -0.25) is 9.59 Å². The Hall–Kier alpha value is -4.76. The summed E-state index contributed by atoms with van der Waals surface area (Å²) in [4.78, 5) is 29.3. The lowest BCUT2D eigenvalue weighted by molar-refractivity contribution is 0.00443. The summed E-state index contributed by atoms with van der Waals surface area (Å²) in [6.45, 7) is 7.47. The minimum absolute atomic E-state index is 0.0320. The third-order valence-corrected chi connectivity index (χ3v) is 11.5. The van der Waals surface area contributed by atoms with Crippen LogP contribution < -0.4 is 9.64 Å². The normalized spacial score (nSPS) is 14.1. The maximum absolute atomic E-state index is 13.6. The first-order chi connectivity index (χ1) is 30.6. The van der Waals surface area contributed by atoms with E-state index in [4.69, 9.17) is 38.3 Å². The highest BCUT2D eigenvalue weighted by Gasteiger charge is 2.47. The molecule has 0 bridgehead atoms. The molecule has 6 rings (SSSR count). The zero-order chi connectivity index (χ0) is 44.8. The van der Waals surface area contributed by atoms with E-state index >= 15 is 0 Å². The van der Waals surface area contributed by atoms with Gasteiger partial charge in [-0.1, -0.05) is 64.5 Å². The van der Waals surface area contributed by atoms with Crippen molar-refractivity contribution in [2.75, 3.05) is 105 Å². The Balaban J connectivity index is 1.43. The fourth-order valence-corrected chi connectivity index (χ4v) is 8.37. The number of hydrogen-bond acceptors (Lipinski definition) is 11. The molecular formula is C51H58BrNO10. The topological polar surface area (TPSA) is 122 Å². The Kier molecular flexibility index (Phi) is 17.6. The van der Waals surface area contributed by atoms with E-state index in [1.165, 1.54) is 0 Å². The van der Waals surface area contributed by atoms with Crippen LogP contribution in [0.3, 0.4) is 0 Å². The van der Waals surface area contributed by atoms with Crippen LogP contribution in [0, 0.1) is 0 Å². The molecule has 1 aliphatic carbocycles. The molecular weight excluding hydrogens is 866 g/mol. The van der Waals surface area contributed by atoms with Crippen molar-refractivity contribution < 1.29 is 47.9 Å². The number of aliphatic hydroxyl groups is 1. The average Bonchev–Trinajstić information content (AvgIpc) is 3.57. The molecule has 5 aromatic carbocycles. The summed E-state index contributed by atoms with van der Waals surface area (Å²) in [5.41, 5.74) is 9.80. The number of carbonyl (C=O) groups excluding carboxylic acids is 2. The molecule has 1 unspecified atom stereocenters. The second kappa shape index (κ2) is 23.3. The summed E-state index contributed by atoms with van der Waals surface area (Å²) >= 11 is 3.80. The molecule has 0 fully saturated rings. The summed E-state index contributed by atoms with van der Waals surface area (Å²) in [5.74, 6) is 0.222. The van der Waals surface area contributed by atoms with Crippen molar-refractivity contribution in [2.45, 2.75) is 25.9 Å². The van der Waals surface area contributed by atoms with E-state index in [1.54, 1.807) is 21.0 Å². The maximum atomic E-state index is 13.6. The number of halogens is 1. The molecule has 0 heterocycles. The molecule has 0 amide bonds. The minimum Gasteiger partial charge on any atom is -0.490 e. The van der Waals surface area contributed by atoms with Crippen molar-refractivity contribution >= 4 is 33.2 Å². The lowest BCUT2D eigenvalue weighted by Gasteiger charge is -2.35. The van der Waals surface area contributed by atoms with Crippen LogP contribution in [0.1, 0.15) is 62.4 Å². The number of methoxy groups -OCH3 is 1. The highest BCUT2D eigenvalue weighted by molar-refractivity contribution is 9.10. The van der Waals surface area contributed by atoms with Crippen molar-refractivity contribution in [2.24, 2.45) is 0 Å². The lowest BCUT2D eigenvalue weighted by atomic mass is 9.66. The first-order valence-corrected chi connectivity index (χ1v) is 22.0. The molecule has 1 aliphatic rings. The number of aliphatic hydroxyl groups excluding tert-OH is 1. The molecule has 0 aromatic heterocycles. The number of hydrogen-bond donors (Lipinski definition) is 1. The monoisotopic (exact) mass is 923 g/mol. The summed E-state index contributed by atoms with van der Waals surface area (Å²) in [5, 5.41) is 8.90. The number of carbonyl (C=O) groups is 2. The number of ether oxygens (including phenoxy) is 7. The van der Waals surface area contributed by atoms with Crippen LogP contribution in [-0.4, -0.2) is 117 Å². The molecule has 1 atom stereocenters. The standard InChI is InChI=1S/C51H58BrNO10/c1-35(55)46-31-40(10-6-39(46)34-62-27-26-60-23-22-58-19-18-54)51(41-11-17-50(47(32-41)36(2)56)63-29-28-61-25-24-59-21-20-57-5)48-30-38(37-7-13-43(14-8-37)53(3)4)9-15-44(48)45-16-12-42(52)33-49(45)51/h6-17,30-33,54H,18-29,34H2,1-5H3. The van der Waals surface area contributed by atoms with Crippen LogP contribution >= 0.6 is 15.9 Å². The van der Waals surface area contributed by atoms with E-state index in [9.17, 15) is 9.59 Å². The smallest absolute Gasteiger partial charge is 0.163 e. The van der Waals surface area contributed by atoms with Crippen molar-refractivity contribution in [1.29, 1.82) is 0 Å². The predicted molar refractivity (Wildman–Crippen MR) is 249 cm³/mol. The second-order valence-corrected chi connectivity index (χ2v) is 16.3. The van der Waals surface area contributed by atoms with Gasteiger partial charge in [-0.05, 0) is 112 Å². The van der Waals surface area contributed by atoms with Crippen molar-refractivity contribution in [3.8, 4) is 28.0 Å². The summed E-state index contributed by atoms with van der Waals surface area (Å²) < 4.78 is 40.2. The zero-order valence-corrected chi connectivity index (χ0v) is 38.5. The molecule has 1 N–H and O–H groups in total. The average molecular weight is 925 g/mol. The van der Waals surface area contributed by atoms with Crippen molar-refractivity contribution in [3.05, 3.63) is 140 Å². The Bertz CT molecular complexity index is 2230. The van der Waals surface area contributed by atoms with Crippen LogP contribution in [0.5, 0.6) is 5.75 Å². The number of benzene rings is 5. The number of rotatable bonds is 26. The van der Waals surface area contributed by atoms with Gasteiger partial charge in [-0.2, -0.15) is 0 Å². The van der Waals surface area contributed by atoms with E-state index in [0.29, 0.717) is 76.3 Å². The van der Waals surface area contributed by atoms with Gasteiger partial charge in [0.05, 0.1) is 90.3 Å². The Morgan fingerprint density at radius 2 is 1.13 bits per heavy atom. The van der Waals surface area contributed by atoms with Gasteiger partial charge in [0.1, 0.15) is 12.4 Å². The van der Waals surface area contributed by atoms with Crippen molar-refractivity contribution in [3.63, 3.8) is 0 Å². The molecule has 0 aliphatic heterocycles. The van der Waals surface area contributed by atoms with E-state index in [1.807, 2.05) is 50.5 Å². The number of ketones is 2. The summed E-state index contributed by atoms with van der Waals surface area (Å²) in [7, 11) is 5.68. The quantitative estimate of drug-likeness (QED) is 0.0416. The van der Waals surface area contributed by atoms with Gasteiger partial charge in [0.15, 0.2) is 11.6 Å². The molecule has 334 valence electrons. The van der Waals surface area contributed by atoms with Gasteiger partial charge in [-0.25, -0.2) is 0 Å². The molecule has 0 saturated heterocycles. The third-order valence-electron chi connectivity index (χ3n) is 11.1. The van der Waals surface area contributed by atoms with Crippen LogP contribution in [0.15, 0.2) is 102 Å². The Labute approximate surface area is 379 Å². The second-order valence-electron chi connectivity index (χ2n) is 15.4. The molecule has 0 radical (unpaired) electrons. The van der Waals surface area contributed by atoms with E-state index in [0.717, 1.165) is 60.2 Å². The van der Waals surface area contributed by atoms with Crippen LogP contribution in [0.4, 0.5) is 5.69 Å². The van der Waals surface area contributed by atoms with Crippen LogP contribution in [0.25, 0.3) is 22.3 Å². The maximum Gasteiger partial charge on any atom is 0.163 e.